The van der Waals surface area contributed by atoms with Crippen LogP contribution in [-0.4, -0.2) is 55.6 Å². The van der Waals surface area contributed by atoms with Crippen LogP contribution >= 0.6 is 0 Å². The Morgan fingerprint density at radius 2 is 2.14 bits per heavy atom. The molecule has 2 fully saturated rings. The van der Waals surface area contributed by atoms with Gasteiger partial charge in [-0.3, -0.25) is 9.69 Å². The number of nitrogens with one attached hydrogen (secondary N) is 2. The van der Waals surface area contributed by atoms with Crippen molar-refractivity contribution in [3.63, 3.8) is 0 Å². The summed E-state index contributed by atoms with van der Waals surface area (Å²) in [6, 6.07) is 7.58. The van der Waals surface area contributed by atoms with Crippen LogP contribution in [0.5, 0.6) is 0 Å². The fourth-order valence-electron chi connectivity index (χ4n) is 2.98. The molecule has 2 saturated heterocycles. The third kappa shape index (κ3) is 3.06. The molecule has 1 aromatic rings. The molecule has 3 rings (SSSR count). The minimum atomic E-state index is -0.0911. The van der Waals surface area contributed by atoms with Gasteiger partial charge in [0.25, 0.3) is 5.91 Å². The molecular weight excluding hydrogens is 280 g/mol. The Balaban J connectivity index is 1.78. The van der Waals surface area contributed by atoms with Crippen LogP contribution in [0, 0.1) is 0 Å². The van der Waals surface area contributed by atoms with E-state index >= 15 is 0 Å². The molecule has 2 N–H and O–H groups in total. The van der Waals surface area contributed by atoms with Crippen molar-refractivity contribution in [3.05, 3.63) is 29.8 Å². The normalized spacial score (nSPS) is 22.4. The zero-order chi connectivity index (χ0) is 15.5. The number of urea groups is 1. The molecule has 2 aliphatic rings. The quantitative estimate of drug-likeness (QED) is 0.858. The van der Waals surface area contributed by atoms with E-state index in [4.69, 9.17) is 0 Å². The maximum atomic E-state index is 12.6. The number of anilines is 1. The van der Waals surface area contributed by atoms with Crippen molar-refractivity contribution in [2.24, 2.45) is 0 Å². The van der Waals surface area contributed by atoms with Gasteiger partial charge in [0.1, 0.15) is 0 Å². The summed E-state index contributed by atoms with van der Waals surface area (Å²) in [4.78, 5) is 28.1. The van der Waals surface area contributed by atoms with Gasteiger partial charge in [-0.05, 0) is 31.5 Å². The molecule has 0 unspecified atom stereocenters. The third-order valence-electron chi connectivity index (χ3n) is 4.14. The van der Waals surface area contributed by atoms with Crippen LogP contribution in [0.3, 0.4) is 0 Å². The lowest BCUT2D eigenvalue weighted by atomic mass is 10.1. The van der Waals surface area contributed by atoms with E-state index in [0.717, 1.165) is 25.2 Å². The Morgan fingerprint density at radius 1 is 1.27 bits per heavy atom. The second-order valence-corrected chi connectivity index (χ2v) is 5.89. The fourth-order valence-corrected chi connectivity index (χ4v) is 2.98. The summed E-state index contributed by atoms with van der Waals surface area (Å²) >= 11 is 0. The first-order valence-electron chi connectivity index (χ1n) is 7.83. The Labute approximate surface area is 130 Å². The van der Waals surface area contributed by atoms with Crippen LogP contribution < -0.4 is 15.5 Å². The smallest absolute Gasteiger partial charge is 0.321 e. The second kappa shape index (κ2) is 6.36. The topological polar surface area (TPSA) is 64.7 Å². The average molecular weight is 302 g/mol. The Kier molecular flexibility index (Phi) is 4.29. The SMILES string of the molecule is C[C@@H]1CN(C(=O)c2cccc(N3CCCNC3=O)c2)CCN1. The Hall–Kier alpha value is -2.08. The molecule has 2 aliphatic heterocycles. The predicted molar refractivity (Wildman–Crippen MR) is 85.2 cm³/mol. The van der Waals surface area contributed by atoms with E-state index in [1.807, 2.05) is 29.2 Å². The summed E-state index contributed by atoms with van der Waals surface area (Å²) in [6.45, 7) is 5.74. The zero-order valence-corrected chi connectivity index (χ0v) is 12.8. The van der Waals surface area contributed by atoms with Crippen molar-refractivity contribution in [2.75, 3.05) is 37.6 Å². The number of carbonyl (C=O) groups excluding carboxylic acids is 2. The van der Waals surface area contributed by atoms with Crippen molar-refractivity contribution in [2.45, 2.75) is 19.4 Å². The maximum absolute atomic E-state index is 12.6. The average Bonchev–Trinajstić information content (AvgIpc) is 2.55. The standard InChI is InChI=1S/C16H22N4O2/c1-12-11-19(9-7-17-12)15(21)13-4-2-5-14(10-13)20-8-3-6-18-16(20)22/h2,4-5,10,12,17H,3,6-9,11H2,1H3,(H,18,22)/t12-/m1/s1. The monoisotopic (exact) mass is 302 g/mol. The molecule has 6 heteroatoms. The van der Waals surface area contributed by atoms with Crippen molar-refractivity contribution in [1.29, 1.82) is 0 Å². The van der Waals surface area contributed by atoms with Gasteiger partial charge < -0.3 is 15.5 Å². The number of hydrogen-bond acceptors (Lipinski definition) is 3. The highest BCUT2D eigenvalue weighted by Crippen LogP contribution is 2.19. The van der Waals surface area contributed by atoms with E-state index in [1.165, 1.54) is 0 Å². The summed E-state index contributed by atoms with van der Waals surface area (Å²) < 4.78 is 0. The lowest BCUT2D eigenvalue weighted by Crippen LogP contribution is -2.51. The van der Waals surface area contributed by atoms with E-state index in [0.29, 0.717) is 31.2 Å². The van der Waals surface area contributed by atoms with Crippen LogP contribution in [0.1, 0.15) is 23.7 Å². The van der Waals surface area contributed by atoms with Gasteiger partial charge in [0.2, 0.25) is 0 Å². The highest BCUT2D eigenvalue weighted by Gasteiger charge is 2.23. The zero-order valence-electron chi connectivity index (χ0n) is 12.8. The molecule has 3 amide bonds. The van der Waals surface area contributed by atoms with Crippen molar-refractivity contribution >= 4 is 17.6 Å². The summed E-state index contributed by atoms with van der Waals surface area (Å²) in [6.07, 6.45) is 0.916. The first-order valence-corrected chi connectivity index (χ1v) is 7.83. The lowest BCUT2D eigenvalue weighted by Gasteiger charge is -2.32. The van der Waals surface area contributed by atoms with Crippen molar-refractivity contribution < 1.29 is 9.59 Å². The minimum Gasteiger partial charge on any atom is -0.338 e. The van der Waals surface area contributed by atoms with E-state index in [2.05, 4.69) is 17.6 Å². The molecule has 0 spiro atoms. The largest absolute Gasteiger partial charge is 0.338 e. The fraction of sp³-hybridized carbons (Fsp3) is 0.500. The lowest BCUT2D eigenvalue weighted by molar-refractivity contribution is 0.0709. The number of hydrogen-bond donors (Lipinski definition) is 2. The van der Waals surface area contributed by atoms with E-state index in [1.54, 1.807) is 4.90 Å². The van der Waals surface area contributed by atoms with Crippen LogP contribution in [0.15, 0.2) is 24.3 Å². The molecule has 0 radical (unpaired) electrons. The molecule has 0 aliphatic carbocycles. The van der Waals surface area contributed by atoms with E-state index < -0.39 is 0 Å². The number of carbonyl (C=O) groups is 2. The highest BCUT2D eigenvalue weighted by molar-refractivity contribution is 5.98. The third-order valence-corrected chi connectivity index (χ3v) is 4.14. The maximum Gasteiger partial charge on any atom is 0.321 e. The molecule has 118 valence electrons. The first-order chi connectivity index (χ1) is 10.6. The second-order valence-electron chi connectivity index (χ2n) is 5.89. The minimum absolute atomic E-state index is 0.0348. The van der Waals surface area contributed by atoms with Gasteiger partial charge in [-0.25, -0.2) is 4.79 Å². The first kappa shape index (κ1) is 14.8. The molecule has 0 aromatic heterocycles. The Bertz CT molecular complexity index is 575. The van der Waals surface area contributed by atoms with Gasteiger partial charge in [0.15, 0.2) is 0 Å². The molecule has 6 nitrogen and oxygen atoms in total. The molecule has 0 bridgehead atoms. The Morgan fingerprint density at radius 3 is 2.91 bits per heavy atom. The summed E-state index contributed by atoms with van der Waals surface area (Å²) in [5, 5.41) is 6.16. The van der Waals surface area contributed by atoms with E-state index in [-0.39, 0.29) is 11.9 Å². The van der Waals surface area contributed by atoms with Gasteiger partial charge in [-0.15, -0.1) is 0 Å². The molecule has 1 atom stereocenters. The predicted octanol–water partition coefficient (Wildman–Crippen LogP) is 1.04. The highest BCUT2D eigenvalue weighted by atomic mass is 16.2. The van der Waals surface area contributed by atoms with Crippen LogP contribution in [0.25, 0.3) is 0 Å². The van der Waals surface area contributed by atoms with Crippen molar-refractivity contribution in [3.8, 4) is 0 Å². The molecule has 2 heterocycles. The van der Waals surface area contributed by atoms with E-state index in [9.17, 15) is 9.59 Å². The van der Waals surface area contributed by atoms with Gasteiger partial charge in [-0.2, -0.15) is 0 Å². The number of piperazine rings is 1. The van der Waals surface area contributed by atoms with Crippen LogP contribution in [-0.2, 0) is 0 Å². The van der Waals surface area contributed by atoms with Gasteiger partial charge in [-0.1, -0.05) is 6.07 Å². The number of nitrogens with zero attached hydrogens (tertiary/aromatic N) is 2. The summed E-state index contributed by atoms with van der Waals surface area (Å²) in [7, 11) is 0. The molecule has 1 aromatic carbocycles. The van der Waals surface area contributed by atoms with Gasteiger partial charge >= 0.3 is 6.03 Å². The van der Waals surface area contributed by atoms with Gasteiger partial charge in [0.05, 0.1) is 0 Å². The number of amides is 3. The summed E-state index contributed by atoms with van der Waals surface area (Å²) in [5.41, 5.74) is 1.43. The molecular formula is C16H22N4O2. The number of benzene rings is 1. The summed E-state index contributed by atoms with van der Waals surface area (Å²) in [5.74, 6) is 0.0348. The molecule has 22 heavy (non-hydrogen) atoms. The molecule has 0 saturated carbocycles. The van der Waals surface area contributed by atoms with Crippen molar-refractivity contribution in [1.82, 2.24) is 15.5 Å². The van der Waals surface area contributed by atoms with Crippen LogP contribution in [0.4, 0.5) is 10.5 Å². The van der Waals surface area contributed by atoms with Gasteiger partial charge in [0, 0.05) is 50.0 Å². The number of rotatable bonds is 2. The van der Waals surface area contributed by atoms with Crippen LogP contribution in [0.2, 0.25) is 0 Å².